The number of carbonyl (C=O) groups is 3. The Kier molecular flexibility index (Phi) is 4.80. The highest BCUT2D eigenvalue weighted by Gasteiger charge is 2.36. The molecular formula is C16H20N2O4. The van der Waals surface area contributed by atoms with Crippen LogP contribution in [0.2, 0.25) is 0 Å². The summed E-state index contributed by atoms with van der Waals surface area (Å²) in [4.78, 5) is 37.0. The highest BCUT2D eigenvalue weighted by molar-refractivity contribution is 6.00. The lowest BCUT2D eigenvalue weighted by Gasteiger charge is -2.20. The lowest BCUT2D eigenvalue weighted by Crippen LogP contribution is -2.47. The fraction of sp³-hybridized carbons (Fsp3) is 0.438. The number of carboxylic acid groups (broad SMARTS) is 1. The van der Waals surface area contributed by atoms with E-state index in [1.54, 1.807) is 18.7 Å². The fourth-order valence-electron chi connectivity index (χ4n) is 2.53. The summed E-state index contributed by atoms with van der Waals surface area (Å²) in [7, 11) is 0. The Morgan fingerprint density at radius 3 is 2.45 bits per heavy atom. The Morgan fingerprint density at radius 1 is 1.27 bits per heavy atom. The molecule has 1 aromatic carbocycles. The lowest BCUT2D eigenvalue weighted by atomic mass is 10.0. The number of rotatable bonds is 5. The van der Waals surface area contributed by atoms with E-state index in [1.807, 2.05) is 30.3 Å². The SMILES string of the molecule is CC(C)[C@@H](NC(=O)[C@H]1CC(=O)N(c2ccccc2)C1)C(=O)O. The molecule has 2 N–H and O–H groups in total. The minimum absolute atomic E-state index is 0.102. The molecule has 1 heterocycles. The molecule has 2 rings (SSSR count). The molecule has 0 unspecified atom stereocenters. The van der Waals surface area contributed by atoms with Crippen LogP contribution >= 0.6 is 0 Å². The molecule has 1 aliphatic heterocycles. The van der Waals surface area contributed by atoms with Gasteiger partial charge in [0.1, 0.15) is 6.04 Å². The number of para-hydroxylation sites is 1. The van der Waals surface area contributed by atoms with E-state index in [0.29, 0.717) is 0 Å². The number of benzene rings is 1. The second-order valence-electron chi connectivity index (χ2n) is 5.81. The van der Waals surface area contributed by atoms with Crippen molar-refractivity contribution in [1.29, 1.82) is 0 Å². The Labute approximate surface area is 129 Å². The second kappa shape index (κ2) is 6.60. The van der Waals surface area contributed by atoms with E-state index in [4.69, 9.17) is 5.11 Å². The maximum Gasteiger partial charge on any atom is 0.326 e. The molecule has 2 amide bonds. The minimum atomic E-state index is -1.06. The molecule has 2 atom stereocenters. The van der Waals surface area contributed by atoms with Crippen molar-refractivity contribution < 1.29 is 19.5 Å². The van der Waals surface area contributed by atoms with Crippen LogP contribution in [0, 0.1) is 11.8 Å². The van der Waals surface area contributed by atoms with Gasteiger partial charge in [-0.25, -0.2) is 4.79 Å². The molecule has 0 bridgehead atoms. The van der Waals surface area contributed by atoms with Crippen molar-refractivity contribution >= 4 is 23.5 Å². The van der Waals surface area contributed by atoms with Crippen LogP contribution in [-0.2, 0) is 14.4 Å². The van der Waals surface area contributed by atoms with Crippen molar-refractivity contribution in [3.63, 3.8) is 0 Å². The van der Waals surface area contributed by atoms with Crippen molar-refractivity contribution in [3.05, 3.63) is 30.3 Å². The van der Waals surface area contributed by atoms with Crippen molar-refractivity contribution in [2.45, 2.75) is 26.3 Å². The molecule has 22 heavy (non-hydrogen) atoms. The average Bonchev–Trinajstić information content (AvgIpc) is 2.87. The Balaban J connectivity index is 2.04. The van der Waals surface area contributed by atoms with E-state index in [1.165, 1.54) is 0 Å². The molecule has 1 saturated heterocycles. The number of nitrogens with one attached hydrogen (secondary N) is 1. The standard InChI is InChI=1S/C16H20N2O4/c1-10(2)14(16(21)22)17-15(20)11-8-13(19)18(9-11)12-6-4-3-5-7-12/h3-7,10-11,14H,8-9H2,1-2H3,(H,17,20)(H,21,22)/t11-,14+/m0/s1. The summed E-state index contributed by atoms with van der Waals surface area (Å²) in [5, 5.41) is 11.7. The van der Waals surface area contributed by atoms with Gasteiger partial charge >= 0.3 is 5.97 Å². The predicted octanol–water partition coefficient (Wildman–Crippen LogP) is 1.26. The van der Waals surface area contributed by atoms with Crippen molar-refractivity contribution in [2.24, 2.45) is 11.8 Å². The van der Waals surface area contributed by atoms with E-state index in [-0.39, 0.29) is 30.7 Å². The van der Waals surface area contributed by atoms with Gasteiger partial charge in [-0.05, 0) is 18.1 Å². The van der Waals surface area contributed by atoms with Crippen LogP contribution < -0.4 is 10.2 Å². The lowest BCUT2D eigenvalue weighted by molar-refractivity contribution is -0.143. The zero-order chi connectivity index (χ0) is 16.3. The Morgan fingerprint density at radius 2 is 1.91 bits per heavy atom. The van der Waals surface area contributed by atoms with Crippen molar-refractivity contribution in [3.8, 4) is 0 Å². The number of anilines is 1. The Bertz CT molecular complexity index is 571. The molecule has 118 valence electrons. The summed E-state index contributed by atoms with van der Waals surface area (Å²) in [6.45, 7) is 3.74. The fourth-order valence-corrected chi connectivity index (χ4v) is 2.53. The number of carbonyl (C=O) groups excluding carboxylic acids is 2. The first-order valence-electron chi connectivity index (χ1n) is 7.28. The van der Waals surface area contributed by atoms with E-state index < -0.39 is 17.9 Å². The third-order valence-corrected chi connectivity index (χ3v) is 3.79. The number of hydrogen-bond acceptors (Lipinski definition) is 3. The van der Waals surface area contributed by atoms with Crippen molar-refractivity contribution in [2.75, 3.05) is 11.4 Å². The minimum Gasteiger partial charge on any atom is -0.480 e. The highest BCUT2D eigenvalue weighted by atomic mass is 16.4. The highest BCUT2D eigenvalue weighted by Crippen LogP contribution is 2.25. The number of hydrogen-bond donors (Lipinski definition) is 2. The third kappa shape index (κ3) is 3.44. The maximum atomic E-state index is 12.2. The average molecular weight is 304 g/mol. The molecule has 6 nitrogen and oxygen atoms in total. The number of aliphatic carboxylic acids is 1. The van der Waals surface area contributed by atoms with E-state index in [0.717, 1.165) is 5.69 Å². The molecular weight excluding hydrogens is 284 g/mol. The van der Waals surface area contributed by atoms with Gasteiger partial charge < -0.3 is 15.3 Å². The molecule has 0 aliphatic carbocycles. The van der Waals surface area contributed by atoms with Gasteiger partial charge in [-0.3, -0.25) is 9.59 Å². The predicted molar refractivity (Wildman–Crippen MR) is 81.3 cm³/mol. The zero-order valence-electron chi connectivity index (χ0n) is 12.7. The van der Waals surface area contributed by atoms with Gasteiger partial charge in [0.25, 0.3) is 0 Å². The second-order valence-corrected chi connectivity index (χ2v) is 5.81. The van der Waals surface area contributed by atoms with Crippen LogP contribution in [0.1, 0.15) is 20.3 Å². The topological polar surface area (TPSA) is 86.7 Å². The molecule has 0 saturated carbocycles. The quantitative estimate of drug-likeness (QED) is 0.857. The van der Waals surface area contributed by atoms with Gasteiger partial charge in [0, 0.05) is 18.7 Å². The smallest absolute Gasteiger partial charge is 0.326 e. The first-order valence-corrected chi connectivity index (χ1v) is 7.28. The zero-order valence-corrected chi connectivity index (χ0v) is 12.7. The number of amides is 2. The monoisotopic (exact) mass is 304 g/mol. The van der Waals surface area contributed by atoms with Crippen LogP contribution in [0.15, 0.2) is 30.3 Å². The van der Waals surface area contributed by atoms with E-state index >= 15 is 0 Å². The van der Waals surface area contributed by atoms with Crippen LogP contribution in [0.5, 0.6) is 0 Å². The van der Waals surface area contributed by atoms with Crippen molar-refractivity contribution in [1.82, 2.24) is 5.32 Å². The summed E-state index contributed by atoms with van der Waals surface area (Å²) in [6, 6.07) is 8.20. The molecule has 6 heteroatoms. The van der Waals surface area contributed by atoms with E-state index in [2.05, 4.69) is 5.32 Å². The van der Waals surface area contributed by atoms with Gasteiger partial charge in [0.2, 0.25) is 11.8 Å². The van der Waals surface area contributed by atoms with Gasteiger partial charge in [-0.15, -0.1) is 0 Å². The van der Waals surface area contributed by atoms with Gasteiger partial charge in [-0.2, -0.15) is 0 Å². The number of carboxylic acids is 1. The summed E-state index contributed by atoms with van der Waals surface area (Å²) >= 11 is 0. The normalized spacial score (nSPS) is 19.3. The van der Waals surface area contributed by atoms with Crippen LogP contribution in [0.3, 0.4) is 0 Å². The molecule has 0 aromatic heterocycles. The molecule has 0 radical (unpaired) electrons. The summed E-state index contributed by atoms with van der Waals surface area (Å²) in [5.41, 5.74) is 0.751. The molecule has 1 aromatic rings. The summed E-state index contributed by atoms with van der Waals surface area (Å²) < 4.78 is 0. The summed E-state index contributed by atoms with van der Waals surface area (Å²) in [5.74, 6) is -2.31. The van der Waals surface area contributed by atoms with E-state index in [9.17, 15) is 14.4 Å². The van der Waals surface area contributed by atoms with Crippen LogP contribution in [0.25, 0.3) is 0 Å². The van der Waals surface area contributed by atoms with Crippen LogP contribution in [0.4, 0.5) is 5.69 Å². The third-order valence-electron chi connectivity index (χ3n) is 3.79. The van der Waals surface area contributed by atoms with Gasteiger partial charge in [0.05, 0.1) is 5.92 Å². The molecule has 1 fully saturated rings. The van der Waals surface area contributed by atoms with Gasteiger partial charge in [0.15, 0.2) is 0 Å². The van der Waals surface area contributed by atoms with Crippen LogP contribution in [-0.4, -0.2) is 35.5 Å². The first kappa shape index (κ1) is 16.0. The summed E-state index contributed by atoms with van der Waals surface area (Å²) in [6.07, 6.45) is 0.102. The molecule has 0 spiro atoms. The largest absolute Gasteiger partial charge is 0.480 e. The molecule has 1 aliphatic rings. The Hall–Kier alpha value is -2.37. The van der Waals surface area contributed by atoms with Gasteiger partial charge in [-0.1, -0.05) is 32.0 Å². The first-order chi connectivity index (χ1) is 10.4. The maximum absolute atomic E-state index is 12.2. The number of nitrogens with zero attached hydrogens (tertiary/aromatic N) is 1.